The van der Waals surface area contributed by atoms with Gasteiger partial charge in [0.15, 0.2) is 9.84 Å². The van der Waals surface area contributed by atoms with Gasteiger partial charge in [0, 0.05) is 31.2 Å². The number of benzene rings is 2. The maximum atomic E-state index is 12.1. The first kappa shape index (κ1) is 25.2. The summed E-state index contributed by atoms with van der Waals surface area (Å²) >= 11 is 0. The lowest BCUT2D eigenvalue weighted by atomic mass is 9.85. The molecule has 2 aromatic rings. The molecule has 0 saturated carbocycles. The molecule has 3 rings (SSSR count). The number of carbonyl (C=O) groups excluding carboxylic acids is 1. The molecule has 0 bridgehead atoms. The third-order valence-corrected chi connectivity index (χ3v) is 7.22. The Morgan fingerprint density at radius 1 is 1.00 bits per heavy atom. The molecule has 178 valence electrons. The van der Waals surface area contributed by atoms with Crippen LogP contribution in [0.15, 0.2) is 53.4 Å². The summed E-state index contributed by atoms with van der Waals surface area (Å²) in [4.78, 5) is 14.5. The van der Waals surface area contributed by atoms with Gasteiger partial charge in [0.25, 0.3) is 0 Å². The zero-order chi connectivity index (χ0) is 24.6. The Labute approximate surface area is 198 Å². The van der Waals surface area contributed by atoms with Gasteiger partial charge in [-0.2, -0.15) is 0 Å². The van der Waals surface area contributed by atoms with E-state index >= 15 is 0 Å². The molecule has 0 saturated heterocycles. The average Bonchev–Trinajstić information content (AvgIpc) is 3.03. The van der Waals surface area contributed by atoms with Crippen LogP contribution in [0.1, 0.15) is 50.8 Å². The minimum atomic E-state index is -3.27. The van der Waals surface area contributed by atoms with Crippen LogP contribution in [0.5, 0.6) is 0 Å². The van der Waals surface area contributed by atoms with Gasteiger partial charge in [0.1, 0.15) is 6.10 Å². The van der Waals surface area contributed by atoms with E-state index in [9.17, 15) is 13.2 Å². The molecule has 0 spiro atoms. The van der Waals surface area contributed by atoms with Crippen molar-refractivity contribution in [3.63, 3.8) is 0 Å². The van der Waals surface area contributed by atoms with Gasteiger partial charge in [-0.05, 0) is 60.3 Å². The van der Waals surface area contributed by atoms with Crippen LogP contribution in [0.3, 0.4) is 0 Å². The molecule has 1 aliphatic carbocycles. The number of sulfone groups is 1. The zero-order valence-corrected chi connectivity index (χ0v) is 21.5. The molecule has 5 nitrogen and oxygen atoms in total. The lowest BCUT2D eigenvalue weighted by molar-refractivity contribution is -0.145. The number of nitrogens with zero attached hydrogens (tertiary/aromatic N) is 1. The Morgan fingerprint density at radius 2 is 1.55 bits per heavy atom. The van der Waals surface area contributed by atoms with Crippen molar-refractivity contribution in [1.29, 1.82) is 0 Å². The highest BCUT2D eigenvalue weighted by atomic mass is 32.2. The number of esters is 1. The molecule has 0 fully saturated rings. The van der Waals surface area contributed by atoms with Crippen molar-refractivity contribution < 1.29 is 17.9 Å². The molecular weight excluding hydrogens is 434 g/mol. The molecule has 1 aliphatic rings. The van der Waals surface area contributed by atoms with Crippen molar-refractivity contribution in [2.24, 2.45) is 5.92 Å². The van der Waals surface area contributed by atoms with E-state index in [4.69, 9.17) is 4.74 Å². The number of ether oxygens (including phenoxy) is 1. The first-order valence-electron chi connectivity index (χ1n) is 11.2. The van der Waals surface area contributed by atoms with Crippen LogP contribution < -0.4 is 0 Å². The Kier molecular flexibility index (Phi) is 7.20. The predicted molar refractivity (Wildman–Crippen MR) is 134 cm³/mol. The second-order valence-electron chi connectivity index (χ2n) is 10.3. The van der Waals surface area contributed by atoms with E-state index in [0.29, 0.717) is 4.90 Å². The van der Waals surface area contributed by atoms with E-state index in [1.165, 1.54) is 18.7 Å². The summed E-state index contributed by atoms with van der Waals surface area (Å²) in [7, 11) is 0.758. The predicted octanol–water partition coefficient (Wildman–Crippen LogP) is 4.81. The normalized spacial score (nSPS) is 19.3. The minimum Gasteiger partial charge on any atom is -0.457 e. The molecule has 33 heavy (non-hydrogen) atoms. The van der Waals surface area contributed by atoms with Crippen molar-refractivity contribution in [1.82, 2.24) is 4.90 Å². The maximum absolute atomic E-state index is 12.1. The largest absolute Gasteiger partial charge is 0.457 e. The molecule has 0 aromatic heterocycles. The summed E-state index contributed by atoms with van der Waals surface area (Å²) < 4.78 is 29.8. The van der Waals surface area contributed by atoms with Crippen molar-refractivity contribution >= 4 is 27.0 Å². The quantitative estimate of drug-likeness (QED) is 0.568. The van der Waals surface area contributed by atoms with Crippen LogP contribution in [0.2, 0.25) is 0 Å². The number of hydrogen-bond donors (Lipinski definition) is 0. The van der Waals surface area contributed by atoms with Crippen LogP contribution in [-0.4, -0.2) is 52.3 Å². The highest BCUT2D eigenvalue weighted by molar-refractivity contribution is 7.90. The van der Waals surface area contributed by atoms with Gasteiger partial charge in [0.05, 0.1) is 4.90 Å². The molecule has 6 heteroatoms. The van der Waals surface area contributed by atoms with Gasteiger partial charge in [-0.3, -0.25) is 4.79 Å². The fourth-order valence-electron chi connectivity index (χ4n) is 4.51. The summed E-state index contributed by atoms with van der Waals surface area (Å²) in [6.45, 7) is 8.76. The second-order valence-corrected chi connectivity index (χ2v) is 12.3. The van der Waals surface area contributed by atoms with E-state index in [1.54, 1.807) is 12.1 Å². The number of hydrogen-bond acceptors (Lipinski definition) is 5. The van der Waals surface area contributed by atoms with Crippen molar-refractivity contribution in [2.45, 2.75) is 50.5 Å². The molecule has 2 aromatic carbocycles. The zero-order valence-electron chi connectivity index (χ0n) is 20.7. The number of carbonyl (C=O) groups is 1. The van der Waals surface area contributed by atoms with Gasteiger partial charge in [0.2, 0.25) is 0 Å². The third kappa shape index (κ3) is 5.92. The summed E-state index contributed by atoms with van der Waals surface area (Å²) in [6.07, 6.45) is 1.59. The number of allylic oxidation sites excluding steroid dienone is 1. The lowest BCUT2D eigenvalue weighted by Gasteiger charge is -2.26. The molecule has 2 atom stereocenters. The standard InChI is InChI=1S/C27H35NO4S/c1-18(29)32-26-21(17-28(5)6)16-24(19-10-14-23(15-11-19)33(7,30)31)25(26)20-8-12-22(13-9-20)27(2,3)4/h8-15,21,26H,16-17H2,1-7H3. The monoisotopic (exact) mass is 469 g/mol. The first-order valence-corrected chi connectivity index (χ1v) is 13.1. The first-order chi connectivity index (χ1) is 15.3. The van der Waals surface area contributed by atoms with Crippen molar-refractivity contribution in [3.8, 4) is 0 Å². The van der Waals surface area contributed by atoms with Gasteiger partial charge in [-0.25, -0.2) is 8.42 Å². The smallest absolute Gasteiger partial charge is 0.303 e. The minimum absolute atomic E-state index is 0.0373. The highest BCUT2D eigenvalue weighted by Gasteiger charge is 2.38. The van der Waals surface area contributed by atoms with Gasteiger partial charge < -0.3 is 9.64 Å². The van der Waals surface area contributed by atoms with Gasteiger partial charge >= 0.3 is 5.97 Å². The SMILES string of the molecule is CC(=O)OC1C(c2ccc(C(C)(C)C)cc2)=C(c2ccc(S(C)(=O)=O)cc2)CC1CN(C)C. The van der Waals surface area contributed by atoms with E-state index in [1.807, 2.05) is 26.2 Å². The maximum Gasteiger partial charge on any atom is 0.303 e. The van der Waals surface area contributed by atoms with Crippen molar-refractivity contribution in [2.75, 3.05) is 26.9 Å². The van der Waals surface area contributed by atoms with E-state index < -0.39 is 9.84 Å². The third-order valence-electron chi connectivity index (χ3n) is 6.09. The fraction of sp³-hybridized carbons (Fsp3) is 0.444. The van der Waals surface area contributed by atoms with Crippen LogP contribution in [0, 0.1) is 5.92 Å². The van der Waals surface area contributed by atoms with E-state index in [2.05, 4.69) is 49.9 Å². The molecule has 0 radical (unpaired) electrons. The second kappa shape index (κ2) is 9.43. The van der Waals surface area contributed by atoms with Crippen LogP contribution in [0.4, 0.5) is 0 Å². The average molecular weight is 470 g/mol. The Hall–Kier alpha value is -2.44. The number of rotatable bonds is 6. The molecule has 0 N–H and O–H groups in total. The Balaban J connectivity index is 2.16. The van der Waals surface area contributed by atoms with Gasteiger partial charge in [-0.15, -0.1) is 0 Å². The highest BCUT2D eigenvalue weighted by Crippen LogP contribution is 2.45. The molecule has 0 heterocycles. The molecule has 0 amide bonds. The van der Waals surface area contributed by atoms with Crippen LogP contribution >= 0.6 is 0 Å². The summed E-state index contributed by atoms with van der Waals surface area (Å²) in [5.74, 6) is -0.202. The molecule has 0 aliphatic heterocycles. The summed E-state index contributed by atoms with van der Waals surface area (Å²) in [6, 6.07) is 15.5. The molecule has 2 unspecified atom stereocenters. The van der Waals surface area contributed by atoms with E-state index in [-0.39, 0.29) is 23.4 Å². The summed E-state index contributed by atoms with van der Waals surface area (Å²) in [5, 5.41) is 0. The van der Waals surface area contributed by atoms with Gasteiger partial charge in [-0.1, -0.05) is 57.2 Å². The van der Waals surface area contributed by atoms with Crippen LogP contribution in [-0.2, 0) is 24.8 Å². The summed E-state index contributed by atoms with van der Waals surface area (Å²) in [5.41, 5.74) is 5.35. The topological polar surface area (TPSA) is 63.7 Å². The fourth-order valence-corrected chi connectivity index (χ4v) is 5.15. The Morgan fingerprint density at radius 3 is 2.00 bits per heavy atom. The Bertz CT molecular complexity index is 1140. The van der Waals surface area contributed by atoms with Crippen LogP contribution in [0.25, 0.3) is 11.1 Å². The van der Waals surface area contributed by atoms with E-state index in [0.717, 1.165) is 35.2 Å². The molecular formula is C27H35NO4S. The lowest BCUT2D eigenvalue weighted by Crippen LogP contribution is -2.31. The van der Waals surface area contributed by atoms with Crippen molar-refractivity contribution in [3.05, 3.63) is 65.2 Å².